The fourth-order valence-corrected chi connectivity index (χ4v) is 3.05. The molecule has 0 atom stereocenters. The molecule has 27 heavy (non-hydrogen) atoms. The van der Waals surface area contributed by atoms with Crippen molar-refractivity contribution in [1.29, 1.82) is 0 Å². The zero-order chi connectivity index (χ0) is 19.1. The predicted octanol–water partition coefficient (Wildman–Crippen LogP) is 3.56. The van der Waals surface area contributed by atoms with Crippen molar-refractivity contribution in [3.05, 3.63) is 53.8 Å². The molecular weight excluding hydrogens is 366 g/mol. The fourth-order valence-electron chi connectivity index (χ4n) is 2.32. The summed E-state index contributed by atoms with van der Waals surface area (Å²) in [5, 5.41) is 7.76. The molecule has 0 radical (unpaired) electrons. The molecule has 0 saturated carbocycles. The molecule has 0 saturated heterocycles. The normalized spacial score (nSPS) is 10.4. The van der Waals surface area contributed by atoms with Gasteiger partial charge in [-0.2, -0.15) is 0 Å². The van der Waals surface area contributed by atoms with Crippen LogP contribution in [-0.2, 0) is 4.79 Å². The fraction of sp³-hybridized carbons (Fsp3) is 0.211. The van der Waals surface area contributed by atoms with Crippen molar-refractivity contribution in [3.8, 4) is 17.0 Å². The molecule has 0 unspecified atom stereocenters. The number of benzene rings is 1. The number of rotatable bonds is 8. The summed E-state index contributed by atoms with van der Waals surface area (Å²) in [6.07, 6.45) is 1.57. The minimum atomic E-state index is -0.347. The van der Waals surface area contributed by atoms with E-state index >= 15 is 0 Å². The third-order valence-corrected chi connectivity index (χ3v) is 4.35. The number of carbonyl (C=O) groups is 2. The summed E-state index contributed by atoms with van der Waals surface area (Å²) in [6, 6.07) is 10.8. The summed E-state index contributed by atoms with van der Waals surface area (Å²) in [5.41, 5.74) is 1.73. The zero-order valence-corrected chi connectivity index (χ0v) is 15.5. The van der Waals surface area contributed by atoms with Crippen molar-refractivity contribution in [3.63, 3.8) is 0 Å². The largest absolute Gasteiger partial charge is 0.494 e. The Morgan fingerprint density at radius 3 is 2.74 bits per heavy atom. The van der Waals surface area contributed by atoms with Crippen molar-refractivity contribution in [2.75, 3.05) is 18.5 Å². The molecule has 0 spiro atoms. The predicted molar refractivity (Wildman–Crippen MR) is 103 cm³/mol. The van der Waals surface area contributed by atoms with Gasteiger partial charge in [0.15, 0.2) is 10.9 Å². The van der Waals surface area contributed by atoms with Gasteiger partial charge in [-0.05, 0) is 43.3 Å². The molecule has 0 fully saturated rings. The number of hydrogen-bond donors (Lipinski definition) is 2. The standard InChI is InChI=1S/C19H19N3O4S/c1-2-25-14-7-5-13(6-8-14)15-12-27-19(21-15)22-17(23)9-10-20-18(24)16-4-3-11-26-16/h3-8,11-12H,2,9-10H2,1H3,(H,20,24)(H,21,22,23). The summed E-state index contributed by atoms with van der Waals surface area (Å²) < 4.78 is 10.4. The lowest BCUT2D eigenvalue weighted by Crippen LogP contribution is -2.27. The monoisotopic (exact) mass is 385 g/mol. The van der Waals surface area contributed by atoms with E-state index in [9.17, 15) is 9.59 Å². The van der Waals surface area contributed by atoms with E-state index in [1.165, 1.54) is 17.6 Å². The van der Waals surface area contributed by atoms with E-state index in [1.807, 2.05) is 36.6 Å². The smallest absolute Gasteiger partial charge is 0.286 e. The second-order valence-corrected chi connectivity index (χ2v) is 6.38. The number of ether oxygens (including phenoxy) is 1. The van der Waals surface area contributed by atoms with E-state index < -0.39 is 0 Å². The van der Waals surface area contributed by atoms with E-state index in [1.54, 1.807) is 12.1 Å². The molecule has 0 aliphatic carbocycles. The van der Waals surface area contributed by atoms with Crippen LogP contribution in [0.1, 0.15) is 23.9 Å². The van der Waals surface area contributed by atoms with Gasteiger partial charge < -0.3 is 19.8 Å². The number of nitrogens with zero attached hydrogens (tertiary/aromatic N) is 1. The number of anilines is 1. The summed E-state index contributed by atoms with van der Waals surface area (Å²) in [5.74, 6) is 0.458. The zero-order valence-electron chi connectivity index (χ0n) is 14.7. The highest BCUT2D eigenvalue weighted by molar-refractivity contribution is 7.14. The van der Waals surface area contributed by atoms with E-state index in [-0.39, 0.29) is 30.5 Å². The number of carbonyl (C=O) groups excluding carboxylic acids is 2. The van der Waals surface area contributed by atoms with Crippen LogP contribution in [0, 0.1) is 0 Å². The van der Waals surface area contributed by atoms with Gasteiger partial charge in [0.05, 0.1) is 18.6 Å². The van der Waals surface area contributed by atoms with E-state index in [0.29, 0.717) is 11.7 Å². The van der Waals surface area contributed by atoms with Crippen LogP contribution in [0.3, 0.4) is 0 Å². The number of amides is 2. The van der Waals surface area contributed by atoms with E-state index in [4.69, 9.17) is 9.15 Å². The molecule has 2 amide bonds. The van der Waals surface area contributed by atoms with Crippen molar-refractivity contribution in [2.24, 2.45) is 0 Å². The van der Waals surface area contributed by atoms with Crippen molar-refractivity contribution >= 4 is 28.3 Å². The van der Waals surface area contributed by atoms with Gasteiger partial charge in [-0.1, -0.05) is 0 Å². The van der Waals surface area contributed by atoms with Crippen LogP contribution in [0.2, 0.25) is 0 Å². The van der Waals surface area contributed by atoms with E-state index in [0.717, 1.165) is 17.0 Å². The molecule has 3 rings (SSSR count). The Hall–Kier alpha value is -3.13. The lowest BCUT2D eigenvalue weighted by atomic mass is 10.2. The Morgan fingerprint density at radius 1 is 1.22 bits per heavy atom. The maximum absolute atomic E-state index is 12.0. The van der Waals surface area contributed by atoms with Crippen LogP contribution >= 0.6 is 11.3 Å². The van der Waals surface area contributed by atoms with Crippen LogP contribution in [0.4, 0.5) is 5.13 Å². The first kappa shape index (κ1) is 18.7. The molecule has 0 aliphatic rings. The van der Waals surface area contributed by atoms with Crippen molar-refractivity contribution in [2.45, 2.75) is 13.3 Å². The Balaban J connectivity index is 1.48. The van der Waals surface area contributed by atoms with Gasteiger partial charge in [0.1, 0.15) is 5.75 Å². The maximum atomic E-state index is 12.0. The molecule has 7 nitrogen and oxygen atoms in total. The maximum Gasteiger partial charge on any atom is 0.286 e. The molecule has 3 aromatic rings. The summed E-state index contributed by atoms with van der Waals surface area (Å²) >= 11 is 1.35. The molecule has 0 aliphatic heterocycles. The third-order valence-electron chi connectivity index (χ3n) is 3.59. The van der Waals surface area contributed by atoms with Crippen LogP contribution in [0.15, 0.2) is 52.5 Å². The Morgan fingerprint density at radius 2 is 2.04 bits per heavy atom. The second kappa shape index (κ2) is 9.00. The van der Waals surface area contributed by atoms with Gasteiger partial charge in [0.25, 0.3) is 5.91 Å². The van der Waals surface area contributed by atoms with Gasteiger partial charge in [0.2, 0.25) is 5.91 Å². The molecular formula is C19H19N3O4S. The average Bonchev–Trinajstić information content (AvgIpc) is 3.34. The molecule has 1 aromatic carbocycles. The van der Waals surface area contributed by atoms with Gasteiger partial charge in [-0.15, -0.1) is 11.3 Å². The number of hydrogen-bond acceptors (Lipinski definition) is 6. The van der Waals surface area contributed by atoms with Crippen molar-refractivity contribution in [1.82, 2.24) is 10.3 Å². The lowest BCUT2D eigenvalue weighted by Gasteiger charge is -2.04. The Bertz CT molecular complexity index is 888. The highest BCUT2D eigenvalue weighted by Crippen LogP contribution is 2.26. The summed E-state index contributed by atoms with van der Waals surface area (Å²) in [6.45, 7) is 2.77. The number of furan rings is 1. The van der Waals surface area contributed by atoms with Gasteiger partial charge in [-0.25, -0.2) is 4.98 Å². The topological polar surface area (TPSA) is 93.5 Å². The van der Waals surface area contributed by atoms with Gasteiger partial charge in [0, 0.05) is 23.9 Å². The van der Waals surface area contributed by atoms with Crippen LogP contribution in [0.25, 0.3) is 11.3 Å². The van der Waals surface area contributed by atoms with E-state index in [2.05, 4.69) is 15.6 Å². The minimum absolute atomic E-state index is 0.143. The average molecular weight is 385 g/mol. The Labute approximate surface area is 160 Å². The molecule has 2 N–H and O–H groups in total. The van der Waals surface area contributed by atoms with Gasteiger partial charge in [-0.3, -0.25) is 9.59 Å². The molecule has 2 heterocycles. The highest BCUT2D eigenvalue weighted by atomic mass is 32.1. The highest BCUT2D eigenvalue weighted by Gasteiger charge is 2.11. The minimum Gasteiger partial charge on any atom is -0.494 e. The number of nitrogens with one attached hydrogen (secondary N) is 2. The lowest BCUT2D eigenvalue weighted by molar-refractivity contribution is -0.116. The molecule has 8 heteroatoms. The molecule has 140 valence electrons. The first-order valence-electron chi connectivity index (χ1n) is 8.46. The first-order chi connectivity index (χ1) is 13.2. The summed E-state index contributed by atoms with van der Waals surface area (Å²) in [4.78, 5) is 28.1. The number of aromatic nitrogens is 1. The van der Waals surface area contributed by atoms with Crippen LogP contribution < -0.4 is 15.4 Å². The number of thiazole rings is 1. The van der Waals surface area contributed by atoms with Crippen LogP contribution in [-0.4, -0.2) is 29.9 Å². The molecule has 2 aromatic heterocycles. The second-order valence-electron chi connectivity index (χ2n) is 5.53. The molecule has 0 bridgehead atoms. The van der Waals surface area contributed by atoms with Crippen LogP contribution in [0.5, 0.6) is 5.75 Å². The SMILES string of the molecule is CCOc1ccc(-c2csc(NC(=O)CCNC(=O)c3ccco3)n2)cc1. The third kappa shape index (κ3) is 5.18. The quantitative estimate of drug-likeness (QED) is 0.618. The first-order valence-corrected chi connectivity index (χ1v) is 9.34. The van der Waals surface area contributed by atoms with Gasteiger partial charge >= 0.3 is 0 Å². The van der Waals surface area contributed by atoms with Crippen molar-refractivity contribution < 1.29 is 18.7 Å². The summed E-state index contributed by atoms with van der Waals surface area (Å²) in [7, 11) is 0. The Kier molecular flexibility index (Phi) is 6.22.